The van der Waals surface area contributed by atoms with Crippen molar-refractivity contribution in [2.75, 3.05) is 6.54 Å². The van der Waals surface area contributed by atoms with Gasteiger partial charge in [0.25, 0.3) is 23.6 Å². The molecule has 2 heterocycles. The molecule has 0 N–H and O–H groups in total. The first-order valence-corrected chi connectivity index (χ1v) is 7.57. The number of carbonyl (C=O) groups is 5. The van der Waals surface area contributed by atoms with Crippen molar-refractivity contribution in [3.05, 3.63) is 12.2 Å². The van der Waals surface area contributed by atoms with E-state index in [0.29, 0.717) is 17.4 Å². The molecule has 8 heteroatoms. The van der Waals surface area contributed by atoms with Crippen LogP contribution >= 0.6 is 0 Å². The largest absolute Gasteiger partial charge is 0.335 e. The van der Waals surface area contributed by atoms with Gasteiger partial charge in [0, 0.05) is 25.1 Å². The van der Waals surface area contributed by atoms with Crippen LogP contribution in [0.15, 0.2) is 12.2 Å². The Kier molecular flexibility index (Phi) is 3.97. The molecule has 2 fully saturated rings. The SMILES string of the molecule is O=C(CCN1C(=O)C=CC1=O)ON1C(=O)CC(CC2CC2)C1=O. The molecule has 8 nitrogen and oxygen atoms in total. The Hall–Kier alpha value is -2.51. The lowest BCUT2D eigenvalue weighted by molar-refractivity contribution is -0.198. The summed E-state index contributed by atoms with van der Waals surface area (Å²) in [5.74, 6) is -2.75. The monoisotopic (exact) mass is 320 g/mol. The highest BCUT2D eigenvalue weighted by Crippen LogP contribution is 2.38. The predicted octanol–water partition coefficient (Wildman–Crippen LogP) is -0.0651. The van der Waals surface area contributed by atoms with Crippen LogP contribution in [0.4, 0.5) is 0 Å². The van der Waals surface area contributed by atoms with E-state index < -0.39 is 35.5 Å². The number of amides is 4. The van der Waals surface area contributed by atoms with E-state index >= 15 is 0 Å². The fourth-order valence-electron chi connectivity index (χ4n) is 2.71. The third kappa shape index (κ3) is 3.30. The van der Waals surface area contributed by atoms with Gasteiger partial charge in [0.15, 0.2) is 0 Å². The minimum absolute atomic E-state index is 0.0651. The lowest BCUT2D eigenvalue weighted by Gasteiger charge is -2.16. The van der Waals surface area contributed by atoms with Gasteiger partial charge in [-0.25, -0.2) is 4.79 Å². The second kappa shape index (κ2) is 5.94. The van der Waals surface area contributed by atoms with Crippen molar-refractivity contribution in [1.29, 1.82) is 0 Å². The lowest BCUT2D eigenvalue weighted by atomic mass is 10.0. The summed E-state index contributed by atoms with van der Waals surface area (Å²) in [6.07, 6.45) is 4.82. The van der Waals surface area contributed by atoms with Crippen molar-refractivity contribution in [2.24, 2.45) is 11.8 Å². The van der Waals surface area contributed by atoms with Gasteiger partial charge in [-0.2, -0.15) is 0 Å². The number of nitrogens with zero attached hydrogens (tertiary/aromatic N) is 2. The Morgan fingerprint density at radius 2 is 1.78 bits per heavy atom. The summed E-state index contributed by atoms with van der Waals surface area (Å²) >= 11 is 0. The maximum absolute atomic E-state index is 12.1. The van der Waals surface area contributed by atoms with Crippen molar-refractivity contribution >= 4 is 29.6 Å². The molecule has 1 atom stereocenters. The number of imide groups is 2. The highest BCUT2D eigenvalue weighted by molar-refractivity contribution is 6.13. The fourth-order valence-corrected chi connectivity index (χ4v) is 2.71. The van der Waals surface area contributed by atoms with Crippen molar-refractivity contribution in [3.8, 4) is 0 Å². The molecule has 1 saturated carbocycles. The second-order valence-electron chi connectivity index (χ2n) is 5.98. The predicted molar refractivity (Wildman–Crippen MR) is 73.9 cm³/mol. The van der Waals surface area contributed by atoms with Gasteiger partial charge >= 0.3 is 5.97 Å². The highest BCUT2D eigenvalue weighted by atomic mass is 16.7. The Morgan fingerprint density at radius 1 is 1.13 bits per heavy atom. The van der Waals surface area contributed by atoms with Gasteiger partial charge in [-0.1, -0.05) is 12.8 Å². The summed E-state index contributed by atoms with van der Waals surface area (Å²) in [4.78, 5) is 64.0. The zero-order chi connectivity index (χ0) is 16.6. The van der Waals surface area contributed by atoms with Crippen molar-refractivity contribution in [3.63, 3.8) is 0 Å². The molecular weight excluding hydrogens is 304 g/mol. The summed E-state index contributed by atoms with van der Waals surface area (Å²) in [6, 6.07) is 0. The second-order valence-corrected chi connectivity index (χ2v) is 5.98. The molecule has 0 aromatic heterocycles. The summed E-state index contributed by atoms with van der Waals surface area (Å²) in [6.45, 7) is -0.148. The quantitative estimate of drug-likeness (QED) is 0.635. The highest BCUT2D eigenvalue weighted by Gasteiger charge is 2.43. The minimum Gasteiger partial charge on any atom is -0.330 e. The van der Waals surface area contributed by atoms with Crippen LogP contribution in [0.3, 0.4) is 0 Å². The van der Waals surface area contributed by atoms with Gasteiger partial charge in [0.1, 0.15) is 0 Å². The van der Waals surface area contributed by atoms with E-state index in [1.54, 1.807) is 0 Å². The Labute approximate surface area is 132 Å². The van der Waals surface area contributed by atoms with E-state index in [2.05, 4.69) is 0 Å². The van der Waals surface area contributed by atoms with Crippen LogP contribution in [0.5, 0.6) is 0 Å². The molecule has 0 bridgehead atoms. The molecule has 122 valence electrons. The Balaban J connectivity index is 1.49. The maximum atomic E-state index is 12.1. The maximum Gasteiger partial charge on any atom is 0.335 e. The van der Waals surface area contributed by atoms with Crippen LogP contribution in [0.25, 0.3) is 0 Å². The Morgan fingerprint density at radius 3 is 2.39 bits per heavy atom. The Bertz CT molecular complexity index is 603. The summed E-state index contributed by atoms with van der Waals surface area (Å²) < 4.78 is 0. The van der Waals surface area contributed by atoms with Gasteiger partial charge in [-0.3, -0.25) is 24.1 Å². The van der Waals surface area contributed by atoms with Gasteiger partial charge in [-0.05, 0) is 12.3 Å². The number of hydrogen-bond acceptors (Lipinski definition) is 6. The summed E-state index contributed by atoms with van der Waals surface area (Å²) in [7, 11) is 0. The molecule has 1 saturated heterocycles. The van der Waals surface area contributed by atoms with Crippen LogP contribution in [0, 0.1) is 11.8 Å². The van der Waals surface area contributed by atoms with E-state index in [0.717, 1.165) is 29.9 Å². The molecule has 3 rings (SSSR count). The van der Waals surface area contributed by atoms with Crippen LogP contribution in [-0.2, 0) is 28.8 Å². The number of hydrogen-bond donors (Lipinski definition) is 0. The van der Waals surface area contributed by atoms with Crippen molar-refractivity contribution in [1.82, 2.24) is 9.96 Å². The number of carbonyl (C=O) groups excluding carboxylic acids is 5. The van der Waals surface area contributed by atoms with Crippen LogP contribution in [-0.4, -0.2) is 46.1 Å². The molecule has 0 aromatic carbocycles. The minimum atomic E-state index is -0.828. The summed E-state index contributed by atoms with van der Waals surface area (Å²) in [5, 5.41) is 0.529. The van der Waals surface area contributed by atoms with Gasteiger partial charge in [-0.15, -0.1) is 5.06 Å². The standard InChI is InChI=1S/C15H16N2O6/c18-11-3-4-12(19)16(11)6-5-14(21)23-17-13(20)8-10(15(17)22)7-9-1-2-9/h3-4,9-10H,1-2,5-8H2. The molecule has 4 amide bonds. The average Bonchev–Trinajstić information content (AvgIpc) is 3.21. The van der Waals surface area contributed by atoms with E-state index in [4.69, 9.17) is 4.84 Å². The number of hydroxylamine groups is 2. The van der Waals surface area contributed by atoms with Crippen LogP contribution in [0.1, 0.15) is 32.1 Å². The fraction of sp³-hybridized carbons (Fsp3) is 0.533. The average molecular weight is 320 g/mol. The molecule has 0 aromatic rings. The van der Waals surface area contributed by atoms with Crippen LogP contribution < -0.4 is 0 Å². The van der Waals surface area contributed by atoms with Gasteiger partial charge in [0.2, 0.25) is 0 Å². The molecule has 23 heavy (non-hydrogen) atoms. The van der Waals surface area contributed by atoms with E-state index in [9.17, 15) is 24.0 Å². The topological polar surface area (TPSA) is 101 Å². The molecule has 3 aliphatic rings. The van der Waals surface area contributed by atoms with E-state index in [1.165, 1.54) is 0 Å². The van der Waals surface area contributed by atoms with E-state index in [1.807, 2.05) is 0 Å². The molecule has 1 unspecified atom stereocenters. The third-order valence-corrected chi connectivity index (χ3v) is 4.14. The summed E-state index contributed by atoms with van der Waals surface area (Å²) in [5.41, 5.74) is 0. The van der Waals surface area contributed by atoms with Crippen molar-refractivity contribution in [2.45, 2.75) is 32.1 Å². The normalized spacial score (nSPS) is 24.1. The molecule has 1 aliphatic carbocycles. The molecule has 0 spiro atoms. The molecular formula is C15H16N2O6. The van der Waals surface area contributed by atoms with Gasteiger partial charge < -0.3 is 4.84 Å². The molecule has 2 aliphatic heterocycles. The first-order chi connectivity index (χ1) is 11.0. The van der Waals surface area contributed by atoms with Crippen molar-refractivity contribution < 1.29 is 28.8 Å². The first-order valence-electron chi connectivity index (χ1n) is 7.57. The van der Waals surface area contributed by atoms with Crippen LogP contribution in [0.2, 0.25) is 0 Å². The smallest absolute Gasteiger partial charge is 0.330 e. The number of rotatable bonds is 6. The zero-order valence-electron chi connectivity index (χ0n) is 12.4. The third-order valence-electron chi connectivity index (χ3n) is 4.14. The molecule has 0 radical (unpaired) electrons. The van der Waals surface area contributed by atoms with Gasteiger partial charge in [0.05, 0.1) is 12.3 Å². The first kappa shape index (κ1) is 15.4. The lowest BCUT2D eigenvalue weighted by Crippen LogP contribution is -2.36. The van der Waals surface area contributed by atoms with E-state index in [-0.39, 0.29) is 19.4 Å². The zero-order valence-corrected chi connectivity index (χ0v) is 12.4.